The Kier molecular flexibility index (Phi) is 3.44. The summed E-state index contributed by atoms with van der Waals surface area (Å²) in [5.74, 6) is -0.630. The predicted octanol–water partition coefficient (Wildman–Crippen LogP) is -0.150. The Labute approximate surface area is 46.7 Å². The first kappa shape index (κ1) is 6.85. The molecular weight excluding hydrogens is 110 g/mol. The molecule has 0 aliphatic heterocycles. The minimum absolute atomic E-state index is 0.296. The fraction of sp³-hybridized carbons (Fsp3) is 0.500. The summed E-state index contributed by atoms with van der Waals surface area (Å²) in [6, 6.07) is 0. The molecule has 0 aliphatic carbocycles. The summed E-state index contributed by atoms with van der Waals surface area (Å²) >= 11 is 0. The first-order valence-electron chi connectivity index (χ1n) is 2.15. The maximum Gasteiger partial charge on any atom is 0.413 e. The average Bonchev–Trinajstić information content (AvgIpc) is 1.68. The van der Waals surface area contributed by atoms with Crippen LogP contribution in [0.25, 0.3) is 5.53 Å². The summed E-state index contributed by atoms with van der Waals surface area (Å²) in [7, 11) is 0. The largest absolute Gasteiger partial charge is 0.458 e. The molecule has 0 N–H and O–H groups in total. The smallest absolute Gasteiger partial charge is 0.413 e. The van der Waals surface area contributed by atoms with Crippen LogP contribution in [0, 0.1) is 0 Å². The number of hydrogen-bond acceptors (Lipinski definition) is 2. The fourth-order valence-electron chi connectivity index (χ4n) is 0.227. The number of hydrogen-bond donors (Lipinski definition) is 0. The highest BCUT2D eigenvalue weighted by Gasteiger charge is 1.97. The van der Waals surface area contributed by atoms with Gasteiger partial charge in [-0.3, -0.25) is 0 Å². The van der Waals surface area contributed by atoms with Gasteiger partial charge in [0.2, 0.25) is 0 Å². The fourth-order valence-corrected chi connectivity index (χ4v) is 0.227. The lowest BCUT2D eigenvalue weighted by Crippen LogP contribution is -2.04. The molecule has 0 aromatic heterocycles. The molecule has 44 valence electrons. The first-order chi connectivity index (χ1) is 3.81. The maximum absolute atomic E-state index is 10.1. The molecule has 0 rings (SSSR count). The number of carbonyl (C=O) groups is 1. The van der Waals surface area contributed by atoms with E-state index in [9.17, 15) is 4.79 Å². The van der Waals surface area contributed by atoms with Gasteiger partial charge in [-0.05, 0) is 6.92 Å². The quantitative estimate of drug-likeness (QED) is 0.218. The van der Waals surface area contributed by atoms with E-state index in [4.69, 9.17) is 5.53 Å². The minimum Gasteiger partial charge on any atom is -0.458 e. The SMILES string of the molecule is CCOC(=O)[14CH]=[N+]=[N-]. The molecule has 0 saturated heterocycles. The Morgan fingerprint density at radius 1 is 2.00 bits per heavy atom. The van der Waals surface area contributed by atoms with Crippen LogP contribution in [0.15, 0.2) is 0 Å². The topological polar surface area (TPSA) is 62.7 Å². The van der Waals surface area contributed by atoms with Crippen molar-refractivity contribution in [2.45, 2.75) is 6.92 Å². The molecule has 0 aliphatic rings. The Morgan fingerprint density at radius 2 is 2.62 bits per heavy atom. The first-order valence-corrected chi connectivity index (χ1v) is 2.15. The van der Waals surface area contributed by atoms with E-state index >= 15 is 0 Å². The van der Waals surface area contributed by atoms with Crippen molar-refractivity contribution in [2.75, 3.05) is 6.61 Å². The lowest BCUT2D eigenvalue weighted by molar-refractivity contribution is -0.138. The van der Waals surface area contributed by atoms with Crippen LogP contribution in [0.5, 0.6) is 0 Å². The third kappa shape index (κ3) is 3.06. The van der Waals surface area contributed by atoms with E-state index in [1.807, 2.05) is 0 Å². The molecule has 8 heavy (non-hydrogen) atoms. The summed E-state index contributed by atoms with van der Waals surface area (Å²) in [4.78, 5) is 12.6. The number of nitrogens with zero attached hydrogens (tertiary/aromatic N) is 2. The summed E-state index contributed by atoms with van der Waals surface area (Å²) in [6.07, 6.45) is 0.698. The van der Waals surface area contributed by atoms with Crippen molar-refractivity contribution >= 4 is 12.2 Å². The molecule has 0 heterocycles. The van der Waals surface area contributed by atoms with E-state index in [-0.39, 0.29) is 0 Å². The van der Waals surface area contributed by atoms with Crippen LogP contribution in [0.1, 0.15) is 6.92 Å². The molecule has 4 heteroatoms. The molecule has 0 saturated carbocycles. The summed E-state index contributed by atoms with van der Waals surface area (Å²) in [5, 5.41) is 0. The van der Waals surface area contributed by atoms with Crippen LogP contribution in [-0.4, -0.2) is 23.6 Å². The van der Waals surface area contributed by atoms with Crippen molar-refractivity contribution in [3.05, 3.63) is 5.53 Å². The van der Waals surface area contributed by atoms with Gasteiger partial charge in [-0.25, -0.2) is 4.79 Å². The third-order valence-electron chi connectivity index (χ3n) is 0.450. The van der Waals surface area contributed by atoms with Crippen LogP contribution in [0.4, 0.5) is 0 Å². The maximum atomic E-state index is 10.1. The van der Waals surface area contributed by atoms with Gasteiger partial charge in [0, 0.05) is 0 Å². The molecule has 0 unspecified atom stereocenters. The van der Waals surface area contributed by atoms with Crippen molar-refractivity contribution in [1.29, 1.82) is 0 Å². The molecule has 0 bridgehead atoms. The van der Waals surface area contributed by atoms with Gasteiger partial charge < -0.3 is 10.3 Å². The van der Waals surface area contributed by atoms with Gasteiger partial charge in [0.05, 0.1) is 6.61 Å². The molecular formula is C4H6N2O2. The summed E-state index contributed by atoms with van der Waals surface area (Å²) in [6.45, 7) is 1.97. The van der Waals surface area contributed by atoms with Crippen molar-refractivity contribution in [2.24, 2.45) is 0 Å². The van der Waals surface area contributed by atoms with Gasteiger partial charge in [0.15, 0.2) is 0 Å². The van der Waals surface area contributed by atoms with Crippen LogP contribution >= 0.6 is 0 Å². The van der Waals surface area contributed by atoms with Gasteiger partial charge in [-0.1, -0.05) is 0 Å². The second-order valence-electron chi connectivity index (χ2n) is 0.997. The Hall–Kier alpha value is -1.15. The van der Waals surface area contributed by atoms with Gasteiger partial charge in [0.1, 0.15) is 0 Å². The molecule has 4 nitrogen and oxygen atoms in total. The summed E-state index contributed by atoms with van der Waals surface area (Å²) in [5.41, 5.74) is 7.73. The lowest BCUT2D eigenvalue weighted by Gasteiger charge is -1.86. The van der Waals surface area contributed by atoms with Crippen molar-refractivity contribution in [3.63, 3.8) is 0 Å². The van der Waals surface area contributed by atoms with Crippen LogP contribution in [-0.2, 0) is 9.53 Å². The monoisotopic (exact) mass is 116 g/mol. The Morgan fingerprint density at radius 3 is 3.00 bits per heavy atom. The zero-order valence-corrected chi connectivity index (χ0v) is 4.50. The van der Waals surface area contributed by atoms with E-state index < -0.39 is 5.97 Å². The number of esters is 1. The Bertz CT molecular complexity index is 126. The Balaban J connectivity index is 3.49. The second kappa shape index (κ2) is 4.02. The van der Waals surface area contributed by atoms with Gasteiger partial charge in [-0.15, -0.1) is 0 Å². The molecule has 0 atom stereocenters. The van der Waals surface area contributed by atoms with E-state index in [1.165, 1.54) is 0 Å². The van der Waals surface area contributed by atoms with Gasteiger partial charge in [-0.2, -0.15) is 4.79 Å². The molecule has 0 aromatic carbocycles. The summed E-state index contributed by atoms with van der Waals surface area (Å²) < 4.78 is 4.33. The zero-order chi connectivity index (χ0) is 6.41. The highest BCUT2D eigenvalue weighted by atomic mass is 16.5. The van der Waals surface area contributed by atoms with Crippen molar-refractivity contribution < 1.29 is 14.3 Å². The standard InChI is InChI=1S/C4H6N2O2/c1-2-8-4(7)3-6-5/h3H,2H2,1H3/i3+2. The van der Waals surface area contributed by atoms with E-state index in [1.54, 1.807) is 6.92 Å². The molecule has 0 spiro atoms. The van der Waals surface area contributed by atoms with Crippen LogP contribution < -0.4 is 0 Å². The van der Waals surface area contributed by atoms with Crippen molar-refractivity contribution in [3.8, 4) is 0 Å². The zero-order valence-electron chi connectivity index (χ0n) is 4.50. The van der Waals surface area contributed by atoms with Gasteiger partial charge >= 0.3 is 12.2 Å². The van der Waals surface area contributed by atoms with E-state index in [0.29, 0.717) is 12.8 Å². The highest BCUT2D eigenvalue weighted by Crippen LogP contribution is 1.68. The minimum atomic E-state index is -0.630. The molecule has 0 radical (unpaired) electrons. The molecule has 0 amide bonds. The average molecular weight is 116 g/mol. The van der Waals surface area contributed by atoms with Crippen LogP contribution in [0.3, 0.4) is 0 Å². The number of ether oxygens (including phenoxy) is 1. The van der Waals surface area contributed by atoms with Crippen molar-refractivity contribution in [1.82, 2.24) is 0 Å². The van der Waals surface area contributed by atoms with Gasteiger partial charge in [0.25, 0.3) is 0 Å². The van der Waals surface area contributed by atoms with Crippen LogP contribution in [0.2, 0.25) is 0 Å². The number of rotatable bonds is 2. The molecule has 0 fully saturated rings. The normalized spacial score (nSPS) is 7.12. The van der Waals surface area contributed by atoms with E-state index in [2.05, 4.69) is 9.53 Å². The van der Waals surface area contributed by atoms with E-state index in [0.717, 1.165) is 0 Å². The lowest BCUT2D eigenvalue weighted by atomic mass is 10.9. The third-order valence-corrected chi connectivity index (χ3v) is 0.450. The number of carbonyl (C=O) groups excluding carboxylic acids is 1. The highest BCUT2D eigenvalue weighted by molar-refractivity contribution is 6.20. The predicted molar refractivity (Wildman–Crippen MR) is 26.3 cm³/mol. The second-order valence-corrected chi connectivity index (χ2v) is 0.997. The molecule has 0 aromatic rings.